The van der Waals surface area contributed by atoms with Crippen molar-refractivity contribution in [3.63, 3.8) is 0 Å². The highest BCUT2D eigenvalue weighted by Crippen LogP contribution is 2.24. The van der Waals surface area contributed by atoms with Gasteiger partial charge in [0.2, 0.25) is 0 Å². The molecule has 1 heterocycles. The molecule has 4 nitrogen and oxygen atoms in total. The number of aryl methyl sites for hydroxylation is 1. The van der Waals surface area contributed by atoms with Gasteiger partial charge in [-0.15, -0.1) is 0 Å². The van der Waals surface area contributed by atoms with Crippen LogP contribution in [0, 0.1) is 12.3 Å². The zero-order valence-corrected chi connectivity index (χ0v) is 11.4. The zero-order chi connectivity index (χ0) is 13.3. The van der Waals surface area contributed by atoms with Crippen molar-refractivity contribution in [2.75, 3.05) is 31.6 Å². The fourth-order valence-electron chi connectivity index (χ4n) is 2.40. The number of amidine groups is 1. The van der Waals surface area contributed by atoms with Crippen LogP contribution >= 0.6 is 0 Å². The van der Waals surface area contributed by atoms with Crippen LogP contribution in [-0.4, -0.2) is 43.5 Å². The first-order valence-corrected chi connectivity index (χ1v) is 6.39. The monoisotopic (exact) mass is 246 g/mol. The normalized spacial score (nSPS) is 21.1. The van der Waals surface area contributed by atoms with E-state index in [9.17, 15) is 0 Å². The third kappa shape index (κ3) is 2.48. The minimum atomic E-state index is 0.150. The summed E-state index contributed by atoms with van der Waals surface area (Å²) in [6.45, 7) is 7.33. The highest BCUT2D eigenvalue weighted by Gasteiger charge is 2.22. The minimum Gasteiger partial charge on any atom is -0.384 e. The molecule has 98 valence electrons. The summed E-state index contributed by atoms with van der Waals surface area (Å²) in [4.78, 5) is 4.70. The number of piperazine rings is 1. The molecule has 0 saturated carbocycles. The third-order valence-corrected chi connectivity index (χ3v) is 3.74. The molecule has 0 aromatic heterocycles. The minimum absolute atomic E-state index is 0.150. The number of rotatable bonds is 2. The summed E-state index contributed by atoms with van der Waals surface area (Å²) < 4.78 is 0. The summed E-state index contributed by atoms with van der Waals surface area (Å²) in [5, 5.41) is 7.70. The second kappa shape index (κ2) is 4.98. The average Bonchev–Trinajstić information content (AvgIpc) is 2.32. The van der Waals surface area contributed by atoms with Crippen LogP contribution in [0.15, 0.2) is 18.2 Å². The number of nitrogens with one attached hydrogen (secondary N) is 1. The van der Waals surface area contributed by atoms with Gasteiger partial charge >= 0.3 is 0 Å². The summed E-state index contributed by atoms with van der Waals surface area (Å²) >= 11 is 0. The highest BCUT2D eigenvalue weighted by molar-refractivity contribution is 6.00. The molecular formula is C14H22N4. The van der Waals surface area contributed by atoms with Crippen LogP contribution < -0.4 is 10.6 Å². The Balaban J connectivity index is 2.32. The summed E-state index contributed by atoms with van der Waals surface area (Å²) in [5.74, 6) is 0.150. The van der Waals surface area contributed by atoms with Crippen molar-refractivity contribution in [3.05, 3.63) is 29.3 Å². The fraction of sp³-hybridized carbons (Fsp3) is 0.500. The number of nitrogens with two attached hydrogens (primary N) is 1. The Labute approximate surface area is 109 Å². The first-order chi connectivity index (χ1) is 8.49. The number of nitrogens with zero attached hydrogens (tertiary/aromatic N) is 2. The van der Waals surface area contributed by atoms with Crippen molar-refractivity contribution in [1.29, 1.82) is 5.41 Å². The fourth-order valence-corrected chi connectivity index (χ4v) is 2.40. The molecule has 1 aliphatic heterocycles. The Bertz CT molecular complexity index is 455. The molecule has 1 saturated heterocycles. The molecule has 3 N–H and O–H groups in total. The lowest BCUT2D eigenvalue weighted by atomic mass is 10.1. The Morgan fingerprint density at radius 3 is 2.72 bits per heavy atom. The topological polar surface area (TPSA) is 56.4 Å². The van der Waals surface area contributed by atoms with E-state index < -0.39 is 0 Å². The van der Waals surface area contributed by atoms with E-state index in [0.29, 0.717) is 6.04 Å². The standard InChI is InChI=1S/C14H22N4/c1-10-4-5-12(14(15)16)13(8-10)18-7-6-17(3)11(2)9-18/h4-5,8,11H,6-7,9H2,1-3H3,(H3,15,16). The maximum atomic E-state index is 7.70. The second-order valence-corrected chi connectivity index (χ2v) is 5.21. The van der Waals surface area contributed by atoms with Gasteiger partial charge in [-0.2, -0.15) is 0 Å². The van der Waals surface area contributed by atoms with Gasteiger partial charge in [0.05, 0.1) is 0 Å². The molecule has 1 atom stereocenters. The van der Waals surface area contributed by atoms with Crippen molar-refractivity contribution in [3.8, 4) is 0 Å². The molecule has 1 aliphatic rings. The van der Waals surface area contributed by atoms with Crippen molar-refractivity contribution in [1.82, 2.24) is 4.90 Å². The maximum Gasteiger partial charge on any atom is 0.124 e. The van der Waals surface area contributed by atoms with Crippen molar-refractivity contribution in [2.24, 2.45) is 5.73 Å². The highest BCUT2D eigenvalue weighted by atomic mass is 15.3. The lowest BCUT2D eigenvalue weighted by Gasteiger charge is -2.39. The van der Waals surface area contributed by atoms with Crippen LogP contribution in [-0.2, 0) is 0 Å². The van der Waals surface area contributed by atoms with Gasteiger partial charge in [-0.3, -0.25) is 5.41 Å². The van der Waals surface area contributed by atoms with Crippen molar-refractivity contribution >= 4 is 11.5 Å². The van der Waals surface area contributed by atoms with E-state index in [-0.39, 0.29) is 5.84 Å². The molecule has 1 unspecified atom stereocenters. The van der Waals surface area contributed by atoms with Crippen LogP contribution in [0.3, 0.4) is 0 Å². The number of benzene rings is 1. The SMILES string of the molecule is Cc1ccc(C(=N)N)c(N2CCN(C)C(C)C2)c1. The van der Waals surface area contributed by atoms with Gasteiger partial charge in [0.15, 0.2) is 0 Å². The van der Waals surface area contributed by atoms with Gasteiger partial charge in [0.1, 0.15) is 5.84 Å². The summed E-state index contributed by atoms with van der Waals surface area (Å²) in [6, 6.07) is 6.63. The molecule has 18 heavy (non-hydrogen) atoms. The number of hydrogen-bond donors (Lipinski definition) is 2. The van der Waals surface area contributed by atoms with Crippen LogP contribution in [0.5, 0.6) is 0 Å². The average molecular weight is 246 g/mol. The smallest absolute Gasteiger partial charge is 0.124 e. The number of anilines is 1. The molecule has 0 spiro atoms. The predicted octanol–water partition coefficient (Wildman–Crippen LogP) is 1.42. The molecule has 0 amide bonds. The number of hydrogen-bond acceptors (Lipinski definition) is 3. The van der Waals surface area contributed by atoms with Gasteiger partial charge < -0.3 is 15.5 Å². The Hall–Kier alpha value is -1.55. The zero-order valence-electron chi connectivity index (χ0n) is 11.4. The Kier molecular flexibility index (Phi) is 3.57. The van der Waals surface area contributed by atoms with E-state index in [1.165, 1.54) is 5.56 Å². The van der Waals surface area contributed by atoms with Crippen LogP contribution in [0.1, 0.15) is 18.1 Å². The summed E-state index contributed by atoms with van der Waals surface area (Å²) in [6.07, 6.45) is 0. The van der Waals surface area contributed by atoms with Gasteiger partial charge in [-0.25, -0.2) is 0 Å². The first kappa shape index (κ1) is 12.9. The van der Waals surface area contributed by atoms with Gasteiger partial charge in [-0.05, 0) is 38.6 Å². The number of nitrogen functional groups attached to an aromatic ring is 1. The third-order valence-electron chi connectivity index (χ3n) is 3.74. The van der Waals surface area contributed by atoms with E-state index in [2.05, 4.69) is 36.8 Å². The van der Waals surface area contributed by atoms with Crippen LogP contribution in [0.4, 0.5) is 5.69 Å². The van der Waals surface area contributed by atoms with Crippen LogP contribution in [0.25, 0.3) is 0 Å². The van der Waals surface area contributed by atoms with E-state index in [0.717, 1.165) is 30.9 Å². The molecule has 2 rings (SSSR count). The van der Waals surface area contributed by atoms with Gasteiger partial charge in [0, 0.05) is 36.9 Å². The van der Waals surface area contributed by atoms with E-state index in [4.69, 9.17) is 11.1 Å². The lowest BCUT2D eigenvalue weighted by Crippen LogP contribution is -2.50. The molecule has 0 bridgehead atoms. The quantitative estimate of drug-likeness (QED) is 0.613. The van der Waals surface area contributed by atoms with Crippen molar-refractivity contribution < 1.29 is 0 Å². The predicted molar refractivity (Wildman–Crippen MR) is 76.5 cm³/mol. The van der Waals surface area contributed by atoms with Gasteiger partial charge in [0.25, 0.3) is 0 Å². The Morgan fingerprint density at radius 1 is 1.39 bits per heavy atom. The molecule has 1 fully saturated rings. The summed E-state index contributed by atoms with van der Waals surface area (Å²) in [7, 11) is 2.16. The molecule has 4 heteroatoms. The lowest BCUT2D eigenvalue weighted by molar-refractivity contribution is 0.234. The maximum absolute atomic E-state index is 7.70. The number of likely N-dealkylation sites (N-methyl/N-ethyl adjacent to an activating group) is 1. The molecule has 0 radical (unpaired) electrons. The molecule has 1 aromatic rings. The van der Waals surface area contributed by atoms with E-state index in [1.54, 1.807) is 0 Å². The van der Waals surface area contributed by atoms with Crippen molar-refractivity contribution in [2.45, 2.75) is 19.9 Å². The molecular weight excluding hydrogens is 224 g/mol. The second-order valence-electron chi connectivity index (χ2n) is 5.21. The molecule has 1 aromatic carbocycles. The van der Waals surface area contributed by atoms with E-state index >= 15 is 0 Å². The summed E-state index contributed by atoms with van der Waals surface area (Å²) in [5.41, 5.74) is 8.83. The van der Waals surface area contributed by atoms with Crippen LogP contribution in [0.2, 0.25) is 0 Å². The first-order valence-electron chi connectivity index (χ1n) is 6.39. The van der Waals surface area contributed by atoms with Gasteiger partial charge in [-0.1, -0.05) is 6.07 Å². The van der Waals surface area contributed by atoms with E-state index in [1.807, 2.05) is 12.1 Å². The largest absolute Gasteiger partial charge is 0.384 e. The Morgan fingerprint density at radius 2 is 2.11 bits per heavy atom. The molecule has 0 aliphatic carbocycles.